The van der Waals surface area contributed by atoms with Gasteiger partial charge < -0.3 is 5.11 Å². The highest BCUT2D eigenvalue weighted by Gasteiger charge is 2.43. The van der Waals surface area contributed by atoms with Crippen molar-refractivity contribution in [2.24, 2.45) is 11.3 Å². The Kier molecular flexibility index (Phi) is 4.13. The molecular formula is C15H17ClFNO. The zero-order valence-electron chi connectivity index (χ0n) is 10.9. The highest BCUT2D eigenvalue weighted by Crippen LogP contribution is 2.48. The minimum Gasteiger partial charge on any atom is -0.387 e. The van der Waals surface area contributed by atoms with Gasteiger partial charge in [0.1, 0.15) is 11.9 Å². The van der Waals surface area contributed by atoms with Crippen molar-refractivity contribution in [2.75, 3.05) is 0 Å². The van der Waals surface area contributed by atoms with E-state index in [2.05, 4.69) is 13.0 Å². The Morgan fingerprint density at radius 2 is 2.32 bits per heavy atom. The fourth-order valence-corrected chi connectivity index (χ4v) is 3.21. The van der Waals surface area contributed by atoms with Crippen LogP contribution in [0.25, 0.3) is 0 Å². The average molecular weight is 282 g/mol. The number of benzene rings is 1. The summed E-state index contributed by atoms with van der Waals surface area (Å²) in [6, 6.07) is 6.32. The summed E-state index contributed by atoms with van der Waals surface area (Å²) in [6.45, 7) is 2.06. The molecule has 0 amide bonds. The van der Waals surface area contributed by atoms with E-state index < -0.39 is 17.3 Å². The van der Waals surface area contributed by atoms with Gasteiger partial charge in [-0.05, 0) is 37.0 Å². The predicted octanol–water partition coefficient (Wildman–Crippen LogP) is 4.23. The lowest BCUT2D eigenvalue weighted by molar-refractivity contribution is 0.0196. The van der Waals surface area contributed by atoms with Crippen molar-refractivity contribution < 1.29 is 9.50 Å². The van der Waals surface area contributed by atoms with Crippen LogP contribution in [0.2, 0.25) is 5.02 Å². The van der Waals surface area contributed by atoms with E-state index in [1.807, 2.05) is 0 Å². The smallest absolute Gasteiger partial charge is 0.129 e. The third-order valence-corrected chi connectivity index (χ3v) is 4.27. The van der Waals surface area contributed by atoms with E-state index in [4.69, 9.17) is 11.6 Å². The first-order valence-electron chi connectivity index (χ1n) is 6.53. The molecule has 0 spiro atoms. The van der Waals surface area contributed by atoms with Gasteiger partial charge in [0.2, 0.25) is 0 Å². The van der Waals surface area contributed by atoms with Gasteiger partial charge in [0, 0.05) is 10.6 Å². The van der Waals surface area contributed by atoms with Gasteiger partial charge in [0.15, 0.2) is 0 Å². The van der Waals surface area contributed by atoms with Gasteiger partial charge in [-0.3, -0.25) is 0 Å². The summed E-state index contributed by atoms with van der Waals surface area (Å²) in [6.07, 6.45) is 2.00. The van der Waals surface area contributed by atoms with Gasteiger partial charge in [-0.25, -0.2) is 4.39 Å². The first-order chi connectivity index (χ1) is 8.98. The first-order valence-corrected chi connectivity index (χ1v) is 6.90. The zero-order valence-corrected chi connectivity index (χ0v) is 11.6. The Hall–Kier alpha value is -1.11. The monoisotopic (exact) mass is 281 g/mol. The van der Waals surface area contributed by atoms with Gasteiger partial charge >= 0.3 is 0 Å². The fourth-order valence-electron chi connectivity index (χ4n) is 3.02. The summed E-state index contributed by atoms with van der Waals surface area (Å²) >= 11 is 5.86. The van der Waals surface area contributed by atoms with E-state index >= 15 is 0 Å². The maximum absolute atomic E-state index is 13.9. The van der Waals surface area contributed by atoms with Crippen LogP contribution in [0.15, 0.2) is 18.2 Å². The standard InChI is InChI=1S/C15H17ClFNO/c1-10-3-2-6-15(8-10,9-18)14(19)12-7-11(16)4-5-13(12)17/h4-5,7,10,14,19H,2-3,6,8H2,1H3. The molecular weight excluding hydrogens is 265 g/mol. The van der Waals surface area contributed by atoms with Crippen LogP contribution in [0.3, 0.4) is 0 Å². The molecule has 2 rings (SSSR count). The number of nitrogens with zero attached hydrogens (tertiary/aromatic N) is 1. The molecule has 0 aliphatic heterocycles. The second-order valence-electron chi connectivity index (χ2n) is 5.54. The summed E-state index contributed by atoms with van der Waals surface area (Å²) in [5.41, 5.74) is -0.772. The summed E-state index contributed by atoms with van der Waals surface area (Å²) < 4.78 is 13.9. The second-order valence-corrected chi connectivity index (χ2v) is 5.97. The highest BCUT2D eigenvalue weighted by atomic mass is 35.5. The molecule has 19 heavy (non-hydrogen) atoms. The fraction of sp³-hybridized carbons (Fsp3) is 0.533. The molecule has 102 valence electrons. The lowest BCUT2D eigenvalue weighted by Crippen LogP contribution is -2.33. The summed E-state index contributed by atoms with van der Waals surface area (Å²) in [7, 11) is 0. The van der Waals surface area contributed by atoms with Crippen molar-refractivity contribution in [3.63, 3.8) is 0 Å². The SMILES string of the molecule is CC1CCCC(C#N)(C(O)c2cc(Cl)ccc2F)C1. The van der Waals surface area contributed by atoms with Gasteiger partial charge in [-0.15, -0.1) is 0 Å². The van der Waals surface area contributed by atoms with Crippen LogP contribution in [0.5, 0.6) is 0 Å². The van der Waals surface area contributed by atoms with E-state index in [-0.39, 0.29) is 5.56 Å². The maximum Gasteiger partial charge on any atom is 0.129 e. The van der Waals surface area contributed by atoms with Gasteiger partial charge in [0.05, 0.1) is 11.5 Å². The molecule has 1 fully saturated rings. The number of rotatable bonds is 2. The molecule has 4 heteroatoms. The minimum absolute atomic E-state index is 0.128. The normalized spacial score (nSPS) is 28.7. The number of aliphatic hydroxyl groups excluding tert-OH is 1. The Morgan fingerprint density at radius 3 is 2.95 bits per heavy atom. The predicted molar refractivity (Wildman–Crippen MR) is 72.0 cm³/mol. The molecule has 3 unspecified atom stereocenters. The highest BCUT2D eigenvalue weighted by molar-refractivity contribution is 6.30. The van der Waals surface area contributed by atoms with E-state index in [1.54, 1.807) is 0 Å². The Morgan fingerprint density at radius 1 is 1.58 bits per heavy atom. The molecule has 1 aliphatic rings. The number of hydrogen-bond donors (Lipinski definition) is 1. The van der Waals surface area contributed by atoms with Crippen LogP contribution in [-0.4, -0.2) is 5.11 Å². The molecule has 1 aromatic rings. The molecule has 0 radical (unpaired) electrons. The molecule has 0 aromatic heterocycles. The molecule has 1 aromatic carbocycles. The van der Waals surface area contributed by atoms with Crippen LogP contribution in [-0.2, 0) is 0 Å². The summed E-state index contributed by atoms with van der Waals surface area (Å²) in [4.78, 5) is 0. The first kappa shape index (κ1) is 14.3. The van der Waals surface area contributed by atoms with Crippen molar-refractivity contribution in [3.05, 3.63) is 34.6 Å². The third-order valence-electron chi connectivity index (χ3n) is 4.03. The lowest BCUT2D eigenvalue weighted by atomic mass is 9.66. The van der Waals surface area contributed by atoms with Crippen molar-refractivity contribution >= 4 is 11.6 Å². The number of aliphatic hydroxyl groups is 1. The van der Waals surface area contributed by atoms with Crippen molar-refractivity contribution in [1.29, 1.82) is 5.26 Å². The Labute approximate surface area is 117 Å². The topological polar surface area (TPSA) is 44.0 Å². The number of halogens is 2. The molecule has 1 aliphatic carbocycles. The Bertz CT molecular complexity index is 513. The van der Waals surface area contributed by atoms with E-state index in [0.29, 0.717) is 23.8 Å². The minimum atomic E-state index is -1.13. The average Bonchev–Trinajstić information content (AvgIpc) is 2.40. The van der Waals surface area contributed by atoms with Gasteiger partial charge in [-0.2, -0.15) is 5.26 Å². The van der Waals surface area contributed by atoms with Crippen molar-refractivity contribution in [2.45, 2.75) is 38.7 Å². The van der Waals surface area contributed by atoms with E-state index in [1.165, 1.54) is 18.2 Å². The quantitative estimate of drug-likeness (QED) is 0.881. The van der Waals surface area contributed by atoms with Crippen molar-refractivity contribution in [3.8, 4) is 6.07 Å². The van der Waals surface area contributed by atoms with Gasteiger partial charge in [-0.1, -0.05) is 31.4 Å². The molecule has 1 saturated carbocycles. The van der Waals surface area contributed by atoms with Crippen LogP contribution in [0.4, 0.5) is 4.39 Å². The van der Waals surface area contributed by atoms with E-state index in [0.717, 1.165) is 12.8 Å². The number of hydrogen-bond acceptors (Lipinski definition) is 2. The molecule has 0 bridgehead atoms. The second kappa shape index (κ2) is 5.48. The molecule has 1 N–H and O–H groups in total. The molecule has 0 heterocycles. The summed E-state index contributed by atoms with van der Waals surface area (Å²) in [5, 5.41) is 20.4. The third kappa shape index (κ3) is 2.75. The molecule has 3 atom stereocenters. The lowest BCUT2D eigenvalue weighted by Gasteiger charge is -2.38. The van der Waals surface area contributed by atoms with Crippen molar-refractivity contribution in [1.82, 2.24) is 0 Å². The largest absolute Gasteiger partial charge is 0.387 e. The van der Waals surface area contributed by atoms with Gasteiger partial charge in [0.25, 0.3) is 0 Å². The Balaban J connectivity index is 2.38. The number of nitriles is 1. The zero-order chi connectivity index (χ0) is 14.0. The van der Waals surface area contributed by atoms with Crippen LogP contribution in [0.1, 0.15) is 44.3 Å². The van der Waals surface area contributed by atoms with Crippen LogP contribution < -0.4 is 0 Å². The maximum atomic E-state index is 13.9. The van der Waals surface area contributed by atoms with Crippen LogP contribution >= 0.6 is 11.6 Å². The van der Waals surface area contributed by atoms with E-state index in [9.17, 15) is 14.8 Å². The summed E-state index contributed by atoms with van der Waals surface area (Å²) in [5.74, 6) is -0.143. The van der Waals surface area contributed by atoms with Crippen LogP contribution in [0, 0.1) is 28.5 Å². The molecule has 0 saturated heterocycles. The molecule has 2 nitrogen and oxygen atoms in total.